The first-order valence-electron chi connectivity index (χ1n) is 5.78. The van der Waals surface area contributed by atoms with Gasteiger partial charge in [0.05, 0.1) is 5.75 Å². The first-order chi connectivity index (χ1) is 7.98. The summed E-state index contributed by atoms with van der Waals surface area (Å²) >= 11 is 0. The van der Waals surface area contributed by atoms with Gasteiger partial charge in [0.15, 0.2) is 0 Å². The Morgan fingerprint density at radius 2 is 2.00 bits per heavy atom. The summed E-state index contributed by atoms with van der Waals surface area (Å²) in [6, 6.07) is 9.60. The molecule has 4 nitrogen and oxygen atoms in total. The van der Waals surface area contributed by atoms with Gasteiger partial charge in [-0.15, -0.1) is 0 Å². The fourth-order valence-electron chi connectivity index (χ4n) is 1.84. The largest absolute Gasteiger partial charge is 0.326 e. The fraction of sp³-hybridized carbons (Fsp3) is 0.500. The van der Waals surface area contributed by atoms with Gasteiger partial charge in [0, 0.05) is 12.1 Å². The average Bonchev–Trinajstić information content (AvgIpc) is 2.93. The zero-order valence-corrected chi connectivity index (χ0v) is 10.7. The minimum atomic E-state index is -3.23. The zero-order valence-electron chi connectivity index (χ0n) is 9.84. The van der Waals surface area contributed by atoms with E-state index in [9.17, 15) is 8.42 Å². The van der Waals surface area contributed by atoms with Crippen LogP contribution in [0.3, 0.4) is 0 Å². The van der Waals surface area contributed by atoms with Gasteiger partial charge in [-0.3, -0.25) is 0 Å². The first kappa shape index (κ1) is 12.5. The van der Waals surface area contributed by atoms with Crippen molar-refractivity contribution < 1.29 is 8.42 Å². The standard InChI is InChI=1S/C12H18N2O2S/c1-9(10-5-3-2-4-6-10)8-17(15,16)14-12-7-11(12)13/h2-6,9,11-12,14H,7-8,13H2,1H3. The molecule has 94 valence electrons. The normalized spacial score (nSPS) is 25.5. The van der Waals surface area contributed by atoms with E-state index >= 15 is 0 Å². The Morgan fingerprint density at radius 1 is 1.41 bits per heavy atom. The molecule has 5 heteroatoms. The number of sulfonamides is 1. The predicted molar refractivity (Wildman–Crippen MR) is 68.2 cm³/mol. The Balaban J connectivity index is 1.96. The second kappa shape index (κ2) is 4.76. The Bertz CT molecular complexity index is 473. The minimum Gasteiger partial charge on any atom is -0.326 e. The van der Waals surface area contributed by atoms with Crippen molar-refractivity contribution >= 4 is 10.0 Å². The highest BCUT2D eigenvalue weighted by atomic mass is 32.2. The highest BCUT2D eigenvalue weighted by Crippen LogP contribution is 2.21. The summed E-state index contributed by atoms with van der Waals surface area (Å²) in [7, 11) is -3.23. The predicted octanol–water partition coefficient (Wildman–Crippen LogP) is 0.809. The quantitative estimate of drug-likeness (QED) is 0.816. The molecule has 1 saturated carbocycles. The average molecular weight is 254 g/mol. The van der Waals surface area contributed by atoms with Crippen molar-refractivity contribution in [1.29, 1.82) is 0 Å². The molecule has 3 unspecified atom stereocenters. The van der Waals surface area contributed by atoms with Gasteiger partial charge in [-0.1, -0.05) is 37.3 Å². The third kappa shape index (κ3) is 3.52. The summed E-state index contributed by atoms with van der Waals surface area (Å²) in [6.07, 6.45) is 0.749. The van der Waals surface area contributed by atoms with Crippen molar-refractivity contribution in [3.05, 3.63) is 35.9 Å². The third-order valence-corrected chi connectivity index (χ3v) is 4.61. The maximum atomic E-state index is 11.8. The molecule has 0 amide bonds. The van der Waals surface area contributed by atoms with E-state index in [1.807, 2.05) is 37.3 Å². The highest BCUT2D eigenvalue weighted by molar-refractivity contribution is 7.89. The van der Waals surface area contributed by atoms with Crippen LogP contribution in [0.2, 0.25) is 0 Å². The van der Waals surface area contributed by atoms with Gasteiger partial charge in [0.25, 0.3) is 0 Å². The molecule has 1 fully saturated rings. The lowest BCUT2D eigenvalue weighted by Gasteiger charge is -2.12. The van der Waals surface area contributed by atoms with Crippen LogP contribution in [0.15, 0.2) is 30.3 Å². The molecule has 1 aliphatic rings. The Morgan fingerprint density at radius 3 is 2.53 bits per heavy atom. The summed E-state index contributed by atoms with van der Waals surface area (Å²) in [6.45, 7) is 1.92. The van der Waals surface area contributed by atoms with Crippen LogP contribution in [-0.4, -0.2) is 26.3 Å². The van der Waals surface area contributed by atoms with Gasteiger partial charge in [-0.25, -0.2) is 13.1 Å². The third-order valence-electron chi connectivity index (χ3n) is 3.01. The lowest BCUT2D eigenvalue weighted by Crippen LogP contribution is -2.33. The SMILES string of the molecule is CC(CS(=O)(=O)NC1CC1N)c1ccccc1. The van der Waals surface area contributed by atoms with Gasteiger partial charge in [-0.05, 0) is 17.9 Å². The maximum Gasteiger partial charge on any atom is 0.212 e. The van der Waals surface area contributed by atoms with E-state index in [-0.39, 0.29) is 23.8 Å². The summed E-state index contributed by atoms with van der Waals surface area (Å²) < 4.78 is 26.3. The van der Waals surface area contributed by atoms with E-state index in [2.05, 4.69) is 4.72 Å². The molecule has 1 aromatic rings. The molecule has 3 N–H and O–H groups in total. The molecule has 0 heterocycles. The number of rotatable bonds is 5. The van der Waals surface area contributed by atoms with Crippen molar-refractivity contribution in [2.24, 2.45) is 5.73 Å². The molecule has 1 aromatic carbocycles. The number of nitrogens with one attached hydrogen (secondary N) is 1. The molecule has 0 saturated heterocycles. The minimum absolute atomic E-state index is 0.00296. The van der Waals surface area contributed by atoms with Gasteiger partial charge in [0.1, 0.15) is 0 Å². The van der Waals surface area contributed by atoms with Crippen LogP contribution < -0.4 is 10.5 Å². The number of benzene rings is 1. The molecule has 1 aliphatic carbocycles. The maximum absolute atomic E-state index is 11.8. The van der Waals surface area contributed by atoms with Crippen molar-refractivity contribution in [3.63, 3.8) is 0 Å². The van der Waals surface area contributed by atoms with Crippen molar-refractivity contribution in [2.75, 3.05) is 5.75 Å². The van der Waals surface area contributed by atoms with E-state index in [0.717, 1.165) is 12.0 Å². The zero-order chi connectivity index (χ0) is 12.5. The summed E-state index contributed by atoms with van der Waals surface area (Å²) in [5.41, 5.74) is 6.63. The van der Waals surface area contributed by atoms with Gasteiger partial charge < -0.3 is 5.73 Å². The Labute approximate surface area is 102 Å². The summed E-state index contributed by atoms with van der Waals surface area (Å²) in [5, 5.41) is 0. The molecular weight excluding hydrogens is 236 g/mol. The topological polar surface area (TPSA) is 72.2 Å². The van der Waals surface area contributed by atoms with E-state index in [4.69, 9.17) is 5.73 Å². The number of nitrogens with two attached hydrogens (primary N) is 1. The highest BCUT2D eigenvalue weighted by Gasteiger charge is 2.37. The van der Waals surface area contributed by atoms with Crippen LogP contribution in [0.1, 0.15) is 24.8 Å². The van der Waals surface area contributed by atoms with Crippen LogP contribution in [0, 0.1) is 0 Å². The molecule has 0 bridgehead atoms. The van der Waals surface area contributed by atoms with E-state index in [1.165, 1.54) is 0 Å². The molecular formula is C12H18N2O2S. The van der Waals surface area contributed by atoms with Crippen molar-refractivity contribution in [3.8, 4) is 0 Å². The Kier molecular flexibility index (Phi) is 3.51. The van der Waals surface area contributed by atoms with E-state index < -0.39 is 10.0 Å². The lowest BCUT2D eigenvalue weighted by molar-refractivity contribution is 0.574. The monoisotopic (exact) mass is 254 g/mol. The molecule has 2 rings (SSSR count). The number of hydrogen-bond donors (Lipinski definition) is 2. The second-order valence-corrected chi connectivity index (χ2v) is 6.52. The molecule has 0 aliphatic heterocycles. The van der Waals surface area contributed by atoms with Gasteiger partial charge >= 0.3 is 0 Å². The van der Waals surface area contributed by atoms with Crippen LogP contribution in [0.25, 0.3) is 0 Å². The molecule has 0 spiro atoms. The molecule has 17 heavy (non-hydrogen) atoms. The smallest absolute Gasteiger partial charge is 0.212 e. The summed E-state index contributed by atoms with van der Waals surface area (Å²) in [5.74, 6) is 0.101. The first-order valence-corrected chi connectivity index (χ1v) is 7.44. The van der Waals surface area contributed by atoms with E-state index in [0.29, 0.717) is 0 Å². The fourth-order valence-corrected chi connectivity index (χ4v) is 3.52. The van der Waals surface area contributed by atoms with Crippen LogP contribution in [0.4, 0.5) is 0 Å². The molecule has 0 radical (unpaired) electrons. The van der Waals surface area contributed by atoms with Crippen LogP contribution in [-0.2, 0) is 10.0 Å². The van der Waals surface area contributed by atoms with Crippen LogP contribution in [0.5, 0.6) is 0 Å². The van der Waals surface area contributed by atoms with Gasteiger partial charge in [0.2, 0.25) is 10.0 Å². The van der Waals surface area contributed by atoms with Crippen molar-refractivity contribution in [1.82, 2.24) is 4.72 Å². The van der Waals surface area contributed by atoms with Crippen LogP contribution >= 0.6 is 0 Å². The number of hydrogen-bond acceptors (Lipinski definition) is 3. The summed E-state index contributed by atoms with van der Waals surface area (Å²) in [4.78, 5) is 0. The Hall–Kier alpha value is -0.910. The lowest BCUT2D eigenvalue weighted by atomic mass is 10.0. The molecule has 3 atom stereocenters. The van der Waals surface area contributed by atoms with Crippen molar-refractivity contribution in [2.45, 2.75) is 31.3 Å². The second-order valence-electron chi connectivity index (χ2n) is 4.72. The van der Waals surface area contributed by atoms with E-state index in [1.54, 1.807) is 0 Å². The van der Waals surface area contributed by atoms with Gasteiger partial charge in [-0.2, -0.15) is 0 Å². The molecule has 0 aromatic heterocycles.